The smallest absolute Gasteiger partial charge is 0.307 e. The van der Waals surface area contributed by atoms with E-state index >= 15 is 0 Å². The summed E-state index contributed by atoms with van der Waals surface area (Å²) in [7, 11) is 3.30. The Bertz CT molecular complexity index is 1340. The van der Waals surface area contributed by atoms with Crippen molar-refractivity contribution in [2.75, 3.05) is 20.8 Å². The zero-order valence-electron chi connectivity index (χ0n) is 23.2. The number of hydrogen-bond donors (Lipinski definition) is 0. The number of benzene rings is 4. The molecule has 2 atom stereocenters. The van der Waals surface area contributed by atoms with Gasteiger partial charge in [-0.15, -0.1) is 0 Å². The van der Waals surface area contributed by atoms with Crippen molar-refractivity contribution < 1.29 is 19.0 Å². The van der Waals surface area contributed by atoms with E-state index in [1.54, 1.807) is 14.2 Å². The second kappa shape index (κ2) is 13.6. The molecule has 0 aliphatic carbocycles. The minimum atomic E-state index is -0.219. The van der Waals surface area contributed by atoms with Crippen molar-refractivity contribution >= 4 is 5.97 Å². The second-order valence-electron chi connectivity index (χ2n) is 9.46. The average Bonchev–Trinajstić information content (AvgIpc) is 2.99. The summed E-state index contributed by atoms with van der Waals surface area (Å²) in [6.45, 7) is 5.07. The van der Waals surface area contributed by atoms with E-state index in [0.29, 0.717) is 13.2 Å². The largest absolute Gasteiger partial charge is 0.497 e. The van der Waals surface area contributed by atoms with Crippen LogP contribution in [0.1, 0.15) is 49.0 Å². The third-order valence-corrected chi connectivity index (χ3v) is 7.04. The molecule has 0 N–H and O–H groups in total. The number of nitrogens with zero attached hydrogens (tertiary/aromatic N) is 1. The van der Waals surface area contributed by atoms with Gasteiger partial charge in [0.15, 0.2) is 0 Å². The maximum atomic E-state index is 13.0. The lowest BCUT2D eigenvalue weighted by atomic mass is 9.93. The van der Waals surface area contributed by atoms with Crippen molar-refractivity contribution in [1.82, 2.24) is 4.90 Å². The van der Waals surface area contributed by atoms with Crippen molar-refractivity contribution in [2.24, 2.45) is 0 Å². The number of ether oxygens (including phenoxy) is 3. The molecule has 0 aliphatic rings. The minimum Gasteiger partial charge on any atom is -0.497 e. The van der Waals surface area contributed by atoms with E-state index in [9.17, 15) is 4.79 Å². The molecule has 4 aromatic carbocycles. The highest BCUT2D eigenvalue weighted by Crippen LogP contribution is 2.38. The number of esters is 1. The molecule has 5 nitrogen and oxygen atoms in total. The van der Waals surface area contributed by atoms with E-state index in [1.807, 2.05) is 43.3 Å². The molecule has 0 amide bonds. The number of methoxy groups -OCH3 is 2. The SMILES string of the molecule is CCOC(=O)C[C@@H](c1cccc(-c2ccc(OC)cc2OC)c1)N(Cc1ccccc1)[C@H](C)c1ccccc1. The standard InChI is InChI=1S/C34H37NO4/c1-5-39-34(36)23-32(29-18-12-17-28(21-29)31-20-19-30(37-3)22-33(31)38-4)35(24-26-13-8-6-9-14-26)25(2)27-15-10-7-11-16-27/h6-22,25,32H,5,23-24H2,1-4H3/t25-,32+/m1/s1. The molecule has 0 fully saturated rings. The third-order valence-electron chi connectivity index (χ3n) is 7.04. The zero-order chi connectivity index (χ0) is 27.6. The highest BCUT2D eigenvalue weighted by molar-refractivity contribution is 5.73. The first kappa shape index (κ1) is 27.9. The van der Waals surface area contributed by atoms with Crippen LogP contribution >= 0.6 is 0 Å². The molecule has 4 rings (SSSR count). The molecule has 4 aromatic rings. The highest BCUT2D eigenvalue weighted by Gasteiger charge is 2.29. The molecule has 0 heterocycles. The lowest BCUT2D eigenvalue weighted by Crippen LogP contribution is -2.33. The molecule has 0 saturated heterocycles. The topological polar surface area (TPSA) is 48.0 Å². The van der Waals surface area contributed by atoms with Crippen LogP contribution in [0.15, 0.2) is 103 Å². The van der Waals surface area contributed by atoms with Crippen LogP contribution in [-0.2, 0) is 16.1 Å². The highest BCUT2D eigenvalue weighted by atomic mass is 16.5. The second-order valence-corrected chi connectivity index (χ2v) is 9.46. The van der Waals surface area contributed by atoms with E-state index in [2.05, 4.69) is 78.6 Å². The van der Waals surface area contributed by atoms with Crippen LogP contribution in [0, 0.1) is 0 Å². The van der Waals surface area contributed by atoms with Gasteiger partial charge in [-0.05, 0) is 54.3 Å². The van der Waals surface area contributed by atoms with Gasteiger partial charge in [0.1, 0.15) is 11.5 Å². The molecular weight excluding hydrogens is 486 g/mol. The minimum absolute atomic E-state index is 0.0463. The van der Waals surface area contributed by atoms with Crippen molar-refractivity contribution in [2.45, 2.75) is 38.9 Å². The van der Waals surface area contributed by atoms with Crippen LogP contribution in [0.5, 0.6) is 11.5 Å². The molecule has 202 valence electrons. The summed E-state index contributed by atoms with van der Waals surface area (Å²) in [5.41, 5.74) is 5.38. The Morgan fingerprint density at radius 2 is 1.49 bits per heavy atom. The summed E-state index contributed by atoms with van der Waals surface area (Å²) in [5.74, 6) is 1.25. The van der Waals surface area contributed by atoms with E-state index in [1.165, 1.54) is 11.1 Å². The van der Waals surface area contributed by atoms with Gasteiger partial charge in [0.05, 0.1) is 27.2 Å². The summed E-state index contributed by atoms with van der Waals surface area (Å²) in [6.07, 6.45) is 0.237. The Kier molecular flexibility index (Phi) is 9.76. The van der Waals surface area contributed by atoms with Gasteiger partial charge in [-0.1, -0.05) is 78.9 Å². The van der Waals surface area contributed by atoms with E-state index in [0.717, 1.165) is 28.2 Å². The fourth-order valence-corrected chi connectivity index (χ4v) is 4.99. The maximum absolute atomic E-state index is 13.0. The predicted octanol–water partition coefficient (Wildman–Crippen LogP) is 7.63. The first-order valence-corrected chi connectivity index (χ1v) is 13.4. The van der Waals surface area contributed by atoms with Crippen LogP contribution in [-0.4, -0.2) is 31.7 Å². The molecule has 0 saturated carbocycles. The molecule has 0 spiro atoms. The Balaban J connectivity index is 1.81. The molecule has 39 heavy (non-hydrogen) atoms. The van der Waals surface area contributed by atoms with Crippen molar-refractivity contribution in [3.63, 3.8) is 0 Å². The number of carbonyl (C=O) groups is 1. The summed E-state index contributed by atoms with van der Waals surface area (Å²) < 4.78 is 16.5. The van der Waals surface area contributed by atoms with E-state index in [-0.39, 0.29) is 24.5 Å². The fourth-order valence-electron chi connectivity index (χ4n) is 4.99. The van der Waals surface area contributed by atoms with Gasteiger partial charge < -0.3 is 14.2 Å². The number of carbonyl (C=O) groups excluding carboxylic acids is 1. The van der Waals surface area contributed by atoms with Gasteiger partial charge in [0.25, 0.3) is 0 Å². The molecule has 5 heteroatoms. The number of hydrogen-bond acceptors (Lipinski definition) is 5. The van der Waals surface area contributed by atoms with Crippen LogP contribution in [0.4, 0.5) is 0 Å². The zero-order valence-corrected chi connectivity index (χ0v) is 23.2. The molecule has 0 unspecified atom stereocenters. The van der Waals surface area contributed by atoms with Gasteiger partial charge in [-0.2, -0.15) is 0 Å². The molecule has 0 aliphatic heterocycles. The van der Waals surface area contributed by atoms with Crippen molar-refractivity contribution in [3.8, 4) is 22.6 Å². The predicted molar refractivity (Wildman–Crippen MR) is 156 cm³/mol. The normalized spacial score (nSPS) is 12.5. The van der Waals surface area contributed by atoms with Crippen LogP contribution in [0.25, 0.3) is 11.1 Å². The average molecular weight is 524 g/mol. The number of rotatable bonds is 12. The van der Waals surface area contributed by atoms with Gasteiger partial charge in [-0.3, -0.25) is 9.69 Å². The van der Waals surface area contributed by atoms with Gasteiger partial charge in [-0.25, -0.2) is 0 Å². The van der Waals surface area contributed by atoms with Crippen LogP contribution < -0.4 is 9.47 Å². The molecule has 0 bridgehead atoms. The van der Waals surface area contributed by atoms with E-state index in [4.69, 9.17) is 14.2 Å². The first-order chi connectivity index (χ1) is 19.0. The summed E-state index contributed by atoms with van der Waals surface area (Å²) in [5, 5.41) is 0. The third kappa shape index (κ3) is 7.06. The molecule has 0 radical (unpaired) electrons. The lowest BCUT2D eigenvalue weighted by molar-refractivity contribution is -0.145. The Morgan fingerprint density at radius 3 is 2.15 bits per heavy atom. The van der Waals surface area contributed by atoms with Gasteiger partial charge >= 0.3 is 5.97 Å². The quantitative estimate of drug-likeness (QED) is 0.179. The summed E-state index contributed by atoms with van der Waals surface area (Å²) >= 11 is 0. The van der Waals surface area contributed by atoms with Crippen molar-refractivity contribution in [1.29, 1.82) is 0 Å². The Labute approximate surface area is 232 Å². The maximum Gasteiger partial charge on any atom is 0.307 e. The molecular formula is C34H37NO4. The fraction of sp³-hybridized carbons (Fsp3) is 0.265. The monoisotopic (exact) mass is 523 g/mol. The Morgan fingerprint density at radius 1 is 0.795 bits per heavy atom. The van der Waals surface area contributed by atoms with Gasteiger partial charge in [0.2, 0.25) is 0 Å². The van der Waals surface area contributed by atoms with E-state index < -0.39 is 0 Å². The lowest BCUT2D eigenvalue weighted by Gasteiger charge is -2.37. The summed E-state index contributed by atoms with van der Waals surface area (Å²) in [4.78, 5) is 15.4. The first-order valence-electron chi connectivity index (χ1n) is 13.4. The van der Waals surface area contributed by atoms with Crippen LogP contribution in [0.3, 0.4) is 0 Å². The summed E-state index contributed by atoms with van der Waals surface area (Å²) in [6, 6.07) is 34.8. The van der Waals surface area contributed by atoms with Gasteiger partial charge in [0, 0.05) is 30.3 Å². The van der Waals surface area contributed by atoms with Crippen molar-refractivity contribution in [3.05, 3.63) is 120 Å². The Hall–Kier alpha value is -4.09. The molecule has 0 aromatic heterocycles. The van der Waals surface area contributed by atoms with Crippen LogP contribution in [0.2, 0.25) is 0 Å².